The topological polar surface area (TPSA) is 76.7 Å². The molecule has 1 aromatic carbocycles. The first-order chi connectivity index (χ1) is 8.65. The van der Waals surface area contributed by atoms with E-state index >= 15 is 0 Å². The normalized spacial score (nSPS) is 9.89. The number of amides is 2. The van der Waals surface area contributed by atoms with E-state index in [4.69, 9.17) is 4.74 Å². The molecule has 96 valence electrons. The van der Waals surface area contributed by atoms with Gasteiger partial charge in [-0.05, 0) is 23.8 Å². The molecule has 0 radical (unpaired) electrons. The van der Waals surface area contributed by atoms with Crippen molar-refractivity contribution in [2.75, 3.05) is 14.2 Å². The molecular weight excluding hydrogens is 236 g/mol. The summed E-state index contributed by atoms with van der Waals surface area (Å²) < 4.78 is 9.29. The van der Waals surface area contributed by atoms with Gasteiger partial charge in [-0.15, -0.1) is 0 Å². The number of hydrogen-bond donors (Lipinski definition) is 2. The molecule has 0 heterocycles. The second kappa shape index (κ2) is 6.95. The van der Waals surface area contributed by atoms with Crippen LogP contribution in [-0.2, 0) is 9.53 Å². The molecule has 0 saturated carbocycles. The van der Waals surface area contributed by atoms with E-state index in [1.54, 1.807) is 37.5 Å². The lowest BCUT2D eigenvalue weighted by Gasteiger charge is -2.02. The summed E-state index contributed by atoms with van der Waals surface area (Å²) in [6.45, 7) is 0. The van der Waals surface area contributed by atoms with Gasteiger partial charge in [0.1, 0.15) is 5.75 Å². The van der Waals surface area contributed by atoms with Gasteiger partial charge in [-0.1, -0.05) is 12.1 Å². The van der Waals surface area contributed by atoms with E-state index in [0.717, 1.165) is 11.3 Å². The van der Waals surface area contributed by atoms with Gasteiger partial charge in [0.15, 0.2) is 0 Å². The summed E-state index contributed by atoms with van der Waals surface area (Å²) in [4.78, 5) is 21.9. The second-order valence-electron chi connectivity index (χ2n) is 3.21. The van der Waals surface area contributed by atoms with Crippen LogP contribution in [0.2, 0.25) is 0 Å². The van der Waals surface area contributed by atoms with Crippen molar-refractivity contribution in [3.05, 3.63) is 35.9 Å². The molecule has 1 rings (SSSR count). The van der Waals surface area contributed by atoms with Gasteiger partial charge in [0.25, 0.3) is 5.91 Å². The second-order valence-corrected chi connectivity index (χ2v) is 3.21. The summed E-state index contributed by atoms with van der Waals surface area (Å²) in [5, 5.41) is 0. The van der Waals surface area contributed by atoms with Gasteiger partial charge >= 0.3 is 6.09 Å². The quantitative estimate of drug-likeness (QED) is 0.622. The third kappa shape index (κ3) is 4.56. The van der Waals surface area contributed by atoms with E-state index in [-0.39, 0.29) is 0 Å². The molecular formula is C12H14N2O4. The zero-order chi connectivity index (χ0) is 13.4. The van der Waals surface area contributed by atoms with Crippen LogP contribution in [0.25, 0.3) is 6.08 Å². The van der Waals surface area contributed by atoms with E-state index in [1.165, 1.54) is 13.2 Å². The fourth-order valence-electron chi connectivity index (χ4n) is 1.09. The van der Waals surface area contributed by atoms with Gasteiger partial charge in [0.05, 0.1) is 14.2 Å². The first-order valence-corrected chi connectivity index (χ1v) is 5.12. The van der Waals surface area contributed by atoms with Crippen molar-refractivity contribution >= 4 is 18.1 Å². The largest absolute Gasteiger partial charge is 0.497 e. The minimum atomic E-state index is -0.735. The molecule has 0 saturated heterocycles. The highest BCUT2D eigenvalue weighted by Gasteiger charge is 1.99. The zero-order valence-corrected chi connectivity index (χ0v) is 10.1. The third-order valence-electron chi connectivity index (χ3n) is 2.02. The van der Waals surface area contributed by atoms with Crippen LogP contribution in [0, 0.1) is 0 Å². The number of ether oxygens (including phenoxy) is 2. The summed E-state index contributed by atoms with van der Waals surface area (Å²) in [6, 6.07) is 7.17. The van der Waals surface area contributed by atoms with E-state index in [0.29, 0.717) is 0 Å². The summed E-state index contributed by atoms with van der Waals surface area (Å²) >= 11 is 0. The van der Waals surface area contributed by atoms with Crippen molar-refractivity contribution in [2.24, 2.45) is 0 Å². The van der Waals surface area contributed by atoms with Crippen molar-refractivity contribution in [2.45, 2.75) is 0 Å². The van der Waals surface area contributed by atoms with Crippen LogP contribution in [0.4, 0.5) is 4.79 Å². The summed E-state index contributed by atoms with van der Waals surface area (Å²) in [5.74, 6) is 0.278. The van der Waals surface area contributed by atoms with E-state index in [1.807, 2.05) is 0 Å². The fourth-order valence-corrected chi connectivity index (χ4v) is 1.09. The highest BCUT2D eigenvalue weighted by Crippen LogP contribution is 2.11. The number of methoxy groups -OCH3 is 2. The minimum absolute atomic E-state index is 0.462. The van der Waals surface area contributed by atoms with Crippen molar-refractivity contribution in [1.82, 2.24) is 10.9 Å². The third-order valence-corrected chi connectivity index (χ3v) is 2.02. The Morgan fingerprint density at radius 1 is 1.11 bits per heavy atom. The van der Waals surface area contributed by atoms with Crippen LogP contribution in [0.1, 0.15) is 5.56 Å². The van der Waals surface area contributed by atoms with E-state index in [2.05, 4.69) is 15.6 Å². The average Bonchev–Trinajstić information content (AvgIpc) is 2.42. The Balaban J connectivity index is 2.47. The predicted octanol–water partition coefficient (Wildman–Crippen LogP) is 1.10. The monoisotopic (exact) mass is 250 g/mol. The van der Waals surface area contributed by atoms with Gasteiger partial charge in [0, 0.05) is 6.08 Å². The van der Waals surface area contributed by atoms with E-state index < -0.39 is 12.0 Å². The summed E-state index contributed by atoms with van der Waals surface area (Å²) in [5.41, 5.74) is 5.04. The lowest BCUT2D eigenvalue weighted by Crippen LogP contribution is -2.40. The Kier molecular flexibility index (Phi) is 5.24. The molecule has 0 atom stereocenters. The maximum atomic E-state index is 11.3. The number of carbonyl (C=O) groups excluding carboxylic acids is 2. The van der Waals surface area contributed by atoms with Gasteiger partial charge in [-0.3, -0.25) is 10.2 Å². The van der Waals surface area contributed by atoms with Crippen molar-refractivity contribution in [3.63, 3.8) is 0 Å². The Labute approximate surface area is 105 Å². The van der Waals surface area contributed by atoms with E-state index in [9.17, 15) is 9.59 Å². The van der Waals surface area contributed by atoms with Crippen molar-refractivity contribution in [1.29, 1.82) is 0 Å². The maximum Gasteiger partial charge on any atom is 0.425 e. The smallest absolute Gasteiger partial charge is 0.425 e. The molecule has 6 heteroatoms. The van der Waals surface area contributed by atoms with Gasteiger partial charge < -0.3 is 9.47 Å². The Bertz CT molecular complexity index is 440. The predicted molar refractivity (Wildman–Crippen MR) is 65.7 cm³/mol. The number of rotatable bonds is 3. The van der Waals surface area contributed by atoms with Crippen LogP contribution in [-0.4, -0.2) is 26.2 Å². The zero-order valence-electron chi connectivity index (χ0n) is 10.1. The number of nitrogens with one attached hydrogen (secondary N) is 2. The molecule has 2 N–H and O–H groups in total. The minimum Gasteiger partial charge on any atom is -0.497 e. The summed E-state index contributed by atoms with van der Waals surface area (Å²) in [6.07, 6.45) is 2.16. The van der Waals surface area contributed by atoms with Crippen LogP contribution in [0.3, 0.4) is 0 Å². The molecule has 0 aromatic heterocycles. The van der Waals surface area contributed by atoms with Gasteiger partial charge in [0.2, 0.25) is 0 Å². The molecule has 0 unspecified atom stereocenters. The van der Waals surface area contributed by atoms with Crippen molar-refractivity contribution < 1.29 is 19.1 Å². The van der Waals surface area contributed by atoms with Crippen LogP contribution in [0.5, 0.6) is 5.75 Å². The molecule has 0 fully saturated rings. The molecule has 0 spiro atoms. The Morgan fingerprint density at radius 2 is 1.78 bits per heavy atom. The highest BCUT2D eigenvalue weighted by atomic mass is 16.5. The first kappa shape index (κ1) is 13.6. The molecule has 1 aromatic rings. The Morgan fingerprint density at radius 3 is 2.33 bits per heavy atom. The van der Waals surface area contributed by atoms with Crippen LogP contribution >= 0.6 is 0 Å². The molecule has 0 bridgehead atoms. The molecule has 0 aliphatic carbocycles. The van der Waals surface area contributed by atoms with Crippen molar-refractivity contribution in [3.8, 4) is 5.75 Å². The average molecular weight is 250 g/mol. The molecule has 0 aliphatic rings. The molecule has 6 nitrogen and oxygen atoms in total. The summed E-state index contributed by atoms with van der Waals surface area (Å²) in [7, 11) is 2.78. The van der Waals surface area contributed by atoms with Gasteiger partial charge in [-0.25, -0.2) is 10.2 Å². The lowest BCUT2D eigenvalue weighted by molar-refractivity contribution is -0.117. The van der Waals surface area contributed by atoms with Gasteiger partial charge in [-0.2, -0.15) is 0 Å². The number of hydrazine groups is 1. The number of hydrogen-bond acceptors (Lipinski definition) is 4. The highest BCUT2D eigenvalue weighted by molar-refractivity contribution is 5.92. The Hall–Kier alpha value is -2.50. The maximum absolute atomic E-state index is 11.3. The molecule has 0 aliphatic heterocycles. The lowest BCUT2D eigenvalue weighted by atomic mass is 10.2. The molecule has 2 amide bonds. The number of carbonyl (C=O) groups is 2. The van der Waals surface area contributed by atoms with Crippen LogP contribution in [0.15, 0.2) is 30.3 Å². The SMILES string of the molecule is COC(=O)NNC(=O)C=Cc1ccc(OC)cc1. The van der Waals surface area contributed by atoms with Crippen LogP contribution < -0.4 is 15.6 Å². The number of benzene rings is 1. The fraction of sp³-hybridized carbons (Fsp3) is 0.167. The first-order valence-electron chi connectivity index (χ1n) is 5.12. The molecule has 18 heavy (non-hydrogen) atoms. The standard InChI is InChI=1S/C12H14N2O4/c1-17-10-6-3-9(4-7-10)5-8-11(15)13-14-12(16)18-2/h3-8H,1-2H3,(H,13,15)(H,14,16).